The van der Waals surface area contributed by atoms with Gasteiger partial charge in [0.05, 0.1) is 0 Å². The van der Waals surface area contributed by atoms with Crippen LogP contribution in [-0.4, -0.2) is 42.2 Å². The largest absolute Gasteiger partial charge is 0.445 e. The molecule has 24 heavy (non-hydrogen) atoms. The van der Waals surface area contributed by atoms with Crippen LogP contribution in [0.15, 0.2) is 30.3 Å². The summed E-state index contributed by atoms with van der Waals surface area (Å²) < 4.78 is 5.05. The van der Waals surface area contributed by atoms with Crippen LogP contribution in [0.1, 0.15) is 24.8 Å². The summed E-state index contributed by atoms with van der Waals surface area (Å²) in [5, 5.41) is 13.6. The zero-order valence-corrected chi connectivity index (χ0v) is 13.4. The minimum absolute atomic E-state index is 0.198. The summed E-state index contributed by atoms with van der Waals surface area (Å²) in [6, 6.07) is 8.50. The van der Waals surface area contributed by atoms with Gasteiger partial charge < -0.3 is 26.2 Å². The van der Waals surface area contributed by atoms with Gasteiger partial charge in [-0.2, -0.15) is 0 Å². The SMILES string of the molecule is NC(=O)[C@H](CCCCNC(=O)OCc1ccccc1)NC(=O)CO. The van der Waals surface area contributed by atoms with E-state index in [1.165, 1.54) is 0 Å². The maximum atomic E-state index is 11.5. The number of carbonyl (C=O) groups excluding carboxylic acids is 3. The molecule has 0 saturated heterocycles. The van der Waals surface area contributed by atoms with Gasteiger partial charge in [0.25, 0.3) is 0 Å². The second kappa shape index (κ2) is 11.0. The van der Waals surface area contributed by atoms with Crippen LogP contribution in [0.4, 0.5) is 4.79 Å². The summed E-state index contributed by atoms with van der Waals surface area (Å²) in [5.74, 6) is -1.31. The van der Waals surface area contributed by atoms with Crippen molar-refractivity contribution in [1.29, 1.82) is 0 Å². The van der Waals surface area contributed by atoms with E-state index in [0.29, 0.717) is 25.8 Å². The van der Waals surface area contributed by atoms with E-state index in [2.05, 4.69) is 10.6 Å². The van der Waals surface area contributed by atoms with E-state index in [1.54, 1.807) is 0 Å². The topological polar surface area (TPSA) is 131 Å². The molecule has 0 aromatic heterocycles. The van der Waals surface area contributed by atoms with Crippen molar-refractivity contribution in [3.05, 3.63) is 35.9 Å². The quantitative estimate of drug-likeness (QED) is 0.448. The standard InChI is InChI=1S/C16H23N3O5/c17-15(22)13(19-14(21)10-20)8-4-5-9-18-16(23)24-11-12-6-2-1-3-7-12/h1-3,6-7,13,20H,4-5,8-11H2,(H2,17,22)(H,18,23)(H,19,21)/t13-/m0/s1. The van der Waals surface area contributed by atoms with Crippen LogP contribution in [0.2, 0.25) is 0 Å². The second-order valence-electron chi connectivity index (χ2n) is 5.16. The summed E-state index contributed by atoms with van der Waals surface area (Å²) in [6.45, 7) is -0.116. The molecule has 0 aliphatic rings. The van der Waals surface area contributed by atoms with Crippen LogP contribution in [0.5, 0.6) is 0 Å². The first-order valence-electron chi connectivity index (χ1n) is 7.67. The number of unbranched alkanes of at least 4 members (excludes halogenated alkanes) is 1. The Balaban J connectivity index is 2.14. The summed E-state index contributed by atoms with van der Waals surface area (Å²) in [5.41, 5.74) is 6.07. The molecule has 0 spiro atoms. The Kier molecular flexibility index (Phi) is 8.91. The number of hydrogen-bond donors (Lipinski definition) is 4. The van der Waals surface area contributed by atoms with Crippen molar-refractivity contribution < 1.29 is 24.2 Å². The number of hydrogen-bond acceptors (Lipinski definition) is 5. The predicted octanol–water partition coefficient (Wildman–Crippen LogP) is 0.0455. The summed E-state index contributed by atoms with van der Waals surface area (Å²) in [4.78, 5) is 33.7. The van der Waals surface area contributed by atoms with Crippen LogP contribution in [0, 0.1) is 0 Å². The Hall–Kier alpha value is -2.61. The molecule has 1 aromatic rings. The van der Waals surface area contributed by atoms with Gasteiger partial charge in [0, 0.05) is 6.54 Å². The molecule has 1 rings (SSSR count). The minimum atomic E-state index is -0.824. The number of rotatable bonds is 10. The molecule has 8 nitrogen and oxygen atoms in total. The number of nitrogens with two attached hydrogens (primary N) is 1. The van der Waals surface area contributed by atoms with Gasteiger partial charge in [0.2, 0.25) is 11.8 Å². The molecule has 132 valence electrons. The highest BCUT2D eigenvalue weighted by molar-refractivity contribution is 5.86. The first-order chi connectivity index (χ1) is 11.5. The number of amides is 3. The molecule has 8 heteroatoms. The van der Waals surface area contributed by atoms with E-state index in [-0.39, 0.29) is 6.61 Å². The number of primary amides is 1. The van der Waals surface area contributed by atoms with E-state index in [1.807, 2.05) is 30.3 Å². The highest BCUT2D eigenvalue weighted by atomic mass is 16.5. The fourth-order valence-corrected chi connectivity index (χ4v) is 1.96. The van der Waals surface area contributed by atoms with Crippen LogP contribution in [-0.2, 0) is 20.9 Å². The number of alkyl carbamates (subject to hydrolysis) is 1. The van der Waals surface area contributed by atoms with Crippen molar-refractivity contribution in [1.82, 2.24) is 10.6 Å². The molecule has 0 radical (unpaired) electrons. The number of aliphatic hydroxyl groups is 1. The predicted molar refractivity (Wildman–Crippen MR) is 86.7 cm³/mol. The molecule has 3 amide bonds. The van der Waals surface area contributed by atoms with Crippen LogP contribution in [0.3, 0.4) is 0 Å². The van der Waals surface area contributed by atoms with E-state index in [0.717, 1.165) is 5.56 Å². The van der Waals surface area contributed by atoms with Gasteiger partial charge in [-0.15, -0.1) is 0 Å². The van der Waals surface area contributed by atoms with Gasteiger partial charge in [0.1, 0.15) is 19.3 Å². The number of ether oxygens (including phenoxy) is 1. The molecule has 0 bridgehead atoms. The molecule has 1 aromatic carbocycles. The van der Waals surface area contributed by atoms with Crippen molar-refractivity contribution in [2.45, 2.75) is 31.9 Å². The number of nitrogens with one attached hydrogen (secondary N) is 2. The van der Waals surface area contributed by atoms with Crippen molar-refractivity contribution in [2.75, 3.05) is 13.2 Å². The van der Waals surface area contributed by atoms with Gasteiger partial charge in [0.15, 0.2) is 0 Å². The fraction of sp³-hybridized carbons (Fsp3) is 0.438. The summed E-state index contributed by atoms with van der Waals surface area (Å²) in [7, 11) is 0. The summed E-state index contributed by atoms with van der Waals surface area (Å²) in [6.07, 6.45) is 0.984. The highest BCUT2D eigenvalue weighted by Crippen LogP contribution is 2.02. The fourth-order valence-electron chi connectivity index (χ4n) is 1.96. The van der Waals surface area contributed by atoms with Crippen molar-refractivity contribution >= 4 is 17.9 Å². The maximum absolute atomic E-state index is 11.5. The lowest BCUT2D eigenvalue weighted by atomic mass is 10.1. The average Bonchev–Trinajstić information content (AvgIpc) is 2.59. The Labute approximate surface area is 140 Å². The number of benzene rings is 1. The minimum Gasteiger partial charge on any atom is -0.445 e. The maximum Gasteiger partial charge on any atom is 0.407 e. The molecule has 0 heterocycles. The average molecular weight is 337 g/mol. The Morgan fingerprint density at radius 2 is 1.88 bits per heavy atom. The second-order valence-corrected chi connectivity index (χ2v) is 5.16. The Morgan fingerprint density at radius 3 is 2.50 bits per heavy atom. The Morgan fingerprint density at radius 1 is 1.17 bits per heavy atom. The molecule has 0 fully saturated rings. The molecule has 0 aliphatic carbocycles. The molecule has 0 saturated carbocycles. The van der Waals surface area contributed by atoms with Crippen LogP contribution in [0.25, 0.3) is 0 Å². The third-order valence-electron chi connectivity index (χ3n) is 3.22. The first-order valence-corrected chi connectivity index (χ1v) is 7.67. The lowest BCUT2D eigenvalue weighted by molar-refractivity contribution is -0.129. The van der Waals surface area contributed by atoms with Crippen molar-refractivity contribution in [3.8, 4) is 0 Å². The monoisotopic (exact) mass is 337 g/mol. The van der Waals surface area contributed by atoms with Crippen LogP contribution < -0.4 is 16.4 Å². The third kappa shape index (κ3) is 8.14. The number of carbonyl (C=O) groups is 3. The third-order valence-corrected chi connectivity index (χ3v) is 3.22. The lowest BCUT2D eigenvalue weighted by Gasteiger charge is -2.14. The van der Waals surface area contributed by atoms with E-state index < -0.39 is 30.6 Å². The molecule has 0 unspecified atom stereocenters. The molecule has 5 N–H and O–H groups in total. The lowest BCUT2D eigenvalue weighted by Crippen LogP contribution is -2.45. The zero-order valence-electron chi connectivity index (χ0n) is 13.4. The van der Waals surface area contributed by atoms with Crippen LogP contribution >= 0.6 is 0 Å². The van der Waals surface area contributed by atoms with Gasteiger partial charge in [-0.25, -0.2) is 4.79 Å². The van der Waals surface area contributed by atoms with E-state index >= 15 is 0 Å². The van der Waals surface area contributed by atoms with Crippen molar-refractivity contribution in [3.63, 3.8) is 0 Å². The molecule has 0 aliphatic heterocycles. The zero-order chi connectivity index (χ0) is 17.8. The van der Waals surface area contributed by atoms with Gasteiger partial charge in [-0.3, -0.25) is 9.59 Å². The Bertz CT molecular complexity index is 536. The van der Waals surface area contributed by atoms with Gasteiger partial charge >= 0.3 is 6.09 Å². The molecular formula is C16H23N3O5. The van der Waals surface area contributed by atoms with E-state index in [9.17, 15) is 14.4 Å². The smallest absolute Gasteiger partial charge is 0.407 e. The molecule has 1 atom stereocenters. The van der Waals surface area contributed by atoms with Gasteiger partial charge in [-0.1, -0.05) is 30.3 Å². The normalized spacial score (nSPS) is 11.4. The van der Waals surface area contributed by atoms with Gasteiger partial charge in [-0.05, 0) is 24.8 Å². The molecular weight excluding hydrogens is 314 g/mol. The van der Waals surface area contributed by atoms with E-state index in [4.69, 9.17) is 15.6 Å². The first kappa shape index (κ1) is 19.4. The highest BCUT2D eigenvalue weighted by Gasteiger charge is 2.16. The number of aliphatic hydroxyl groups excluding tert-OH is 1. The van der Waals surface area contributed by atoms with Crippen molar-refractivity contribution in [2.24, 2.45) is 5.73 Å². The summed E-state index contributed by atoms with van der Waals surface area (Å²) >= 11 is 0.